The summed E-state index contributed by atoms with van der Waals surface area (Å²) in [6.45, 7) is 9.19. The van der Waals surface area contributed by atoms with Gasteiger partial charge in [-0.3, -0.25) is 0 Å². The molecule has 0 atom stereocenters. The van der Waals surface area contributed by atoms with Crippen LogP contribution in [0.1, 0.15) is 33.6 Å². The van der Waals surface area contributed by atoms with Gasteiger partial charge in [0.25, 0.3) is 0 Å². The van der Waals surface area contributed by atoms with Crippen molar-refractivity contribution in [2.75, 3.05) is 20.2 Å². The lowest BCUT2D eigenvalue weighted by atomic mass is 9.75. The van der Waals surface area contributed by atoms with E-state index in [0.29, 0.717) is 5.41 Å². The van der Waals surface area contributed by atoms with E-state index in [9.17, 15) is 0 Å². The van der Waals surface area contributed by atoms with Gasteiger partial charge in [0, 0.05) is 13.1 Å². The molecule has 1 fully saturated rings. The molecule has 0 amide bonds. The van der Waals surface area contributed by atoms with Crippen molar-refractivity contribution in [3.8, 4) is 0 Å². The summed E-state index contributed by atoms with van der Waals surface area (Å²) in [5.74, 6) is 0.865. The average molecular weight is 171 g/mol. The summed E-state index contributed by atoms with van der Waals surface area (Å²) in [4.78, 5) is 5.19. The van der Waals surface area contributed by atoms with Crippen LogP contribution in [0.4, 0.5) is 0 Å². The number of hydroxylamine groups is 2. The van der Waals surface area contributed by atoms with Crippen LogP contribution in [0, 0.1) is 11.3 Å². The molecule has 0 N–H and O–H groups in total. The molecule has 1 saturated heterocycles. The van der Waals surface area contributed by atoms with E-state index in [-0.39, 0.29) is 0 Å². The van der Waals surface area contributed by atoms with Crippen molar-refractivity contribution in [2.24, 2.45) is 11.3 Å². The molecule has 12 heavy (non-hydrogen) atoms. The third-order valence-corrected chi connectivity index (χ3v) is 2.94. The van der Waals surface area contributed by atoms with E-state index in [1.165, 1.54) is 12.8 Å². The van der Waals surface area contributed by atoms with Crippen LogP contribution in [0.5, 0.6) is 0 Å². The molecule has 1 aliphatic rings. The van der Waals surface area contributed by atoms with Gasteiger partial charge in [0.1, 0.15) is 0 Å². The quantitative estimate of drug-likeness (QED) is 0.600. The van der Waals surface area contributed by atoms with Crippen molar-refractivity contribution in [3.05, 3.63) is 0 Å². The summed E-state index contributed by atoms with van der Waals surface area (Å²) in [6, 6.07) is 0. The third-order valence-electron chi connectivity index (χ3n) is 2.94. The molecule has 1 rings (SSSR count). The van der Waals surface area contributed by atoms with Crippen molar-refractivity contribution < 1.29 is 4.84 Å². The van der Waals surface area contributed by atoms with Crippen LogP contribution in [0.2, 0.25) is 0 Å². The highest BCUT2D eigenvalue weighted by Gasteiger charge is 2.28. The first-order chi connectivity index (χ1) is 5.54. The first-order valence-electron chi connectivity index (χ1n) is 4.83. The maximum atomic E-state index is 5.19. The van der Waals surface area contributed by atoms with Crippen molar-refractivity contribution in [1.29, 1.82) is 0 Å². The Balaban J connectivity index is 2.36. The molecule has 72 valence electrons. The minimum atomic E-state index is 0.472. The Morgan fingerprint density at radius 1 is 1.17 bits per heavy atom. The van der Waals surface area contributed by atoms with Gasteiger partial charge in [-0.05, 0) is 24.2 Å². The molecule has 2 nitrogen and oxygen atoms in total. The average Bonchev–Trinajstić information content (AvgIpc) is 2.03. The first kappa shape index (κ1) is 10.0. The second-order valence-electron chi connectivity index (χ2n) is 4.75. The summed E-state index contributed by atoms with van der Waals surface area (Å²) in [5.41, 5.74) is 0.472. The molecule has 0 radical (unpaired) electrons. The normalized spacial score (nSPS) is 23.0. The van der Waals surface area contributed by atoms with E-state index in [2.05, 4.69) is 25.8 Å². The fourth-order valence-corrected chi connectivity index (χ4v) is 1.90. The molecular weight excluding hydrogens is 150 g/mol. The summed E-state index contributed by atoms with van der Waals surface area (Å²) >= 11 is 0. The van der Waals surface area contributed by atoms with Crippen LogP contribution in [-0.2, 0) is 4.84 Å². The van der Waals surface area contributed by atoms with Gasteiger partial charge >= 0.3 is 0 Å². The Hall–Kier alpha value is -0.0800. The minimum absolute atomic E-state index is 0.472. The molecule has 0 aromatic carbocycles. The van der Waals surface area contributed by atoms with Crippen LogP contribution in [-0.4, -0.2) is 25.3 Å². The molecule has 0 unspecified atom stereocenters. The first-order valence-corrected chi connectivity index (χ1v) is 4.83. The zero-order valence-corrected chi connectivity index (χ0v) is 8.76. The summed E-state index contributed by atoms with van der Waals surface area (Å²) in [6.07, 6.45) is 2.55. The van der Waals surface area contributed by atoms with Gasteiger partial charge in [-0.25, -0.2) is 0 Å². The molecule has 0 bridgehead atoms. The molecule has 0 spiro atoms. The lowest BCUT2D eigenvalue weighted by Gasteiger charge is -2.37. The predicted octanol–water partition coefficient (Wildman–Crippen LogP) is 2.31. The van der Waals surface area contributed by atoms with Crippen molar-refractivity contribution in [3.63, 3.8) is 0 Å². The van der Waals surface area contributed by atoms with Crippen LogP contribution in [0.15, 0.2) is 0 Å². The molecule has 1 aliphatic heterocycles. The van der Waals surface area contributed by atoms with Gasteiger partial charge in [-0.1, -0.05) is 20.8 Å². The zero-order chi connectivity index (χ0) is 9.19. The monoisotopic (exact) mass is 171 g/mol. The van der Waals surface area contributed by atoms with E-state index in [1.807, 2.05) is 0 Å². The highest BCUT2D eigenvalue weighted by molar-refractivity contribution is 4.78. The predicted molar refractivity (Wildman–Crippen MR) is 50.8 cm³/mol. The van der Waals surface area contributed by atoms with Crippen LogP contribution in [0.25, 0.3) is 0 Å². The highest BCUT2D eigenvalue weighted by Crippen LogP contribution is 2.33. The van der Waals surface area contributed by atoms with Gasteiger partial charge in [0.05, 0.1) is 7.11 Å². The maximum absolute atomic E-state index is 5.19. The van der Waals surface area contributed by atoms with Crippen molar-refractivity contribution in [2.45, 2.75) is 33.6 Å². The summed E-state index contributed by atoms with van der Waals surface area (Å²) < 4.78 is 0. The Morgan fingerprint density at radius 2 is 1.67 bits per heavy atom. The second-order valence-corrected chi connectivity index (χ2v) is 4.75. The van der Waals surface area contributed by atoms with E-state index in [0.717, 1.165) is 19.0 Å². The Bertz CT molecular complexity index is 131. The molecule has 0 aromatic rings. The number of rotatable bonds is 1. The summed E-state index contributed by atoms with van der Waals surface area (Å²) in [5, 5.41) is 2.06. The lowest BCUT2D eigenvalue weighted by Crippen LogP contribution is -2.37. The smallest absolute Gasteiger partial charge is 0.0575 e. The SMILES string of the molecule is CON1CCC(C(C)(C)C)CC1. The zero-order valence-electron chi connectivity index (χ0n) is 8.76. The van der Waals surface area contributed by atoms with Gasteiger partial charge in [0.2, 0.25) is 0 Å². The Labute approximate surface area is 75.8 Å². The standard InChI is InChI=1S/C10H21NO/c1-10(2,3)9-5-7-11(12-4)8-6-9/h9H,5-8H2,1-4H3. The second kappa shape index (κ2) is 3.75. The minimum Gasteiger partial charge on any atom is -0.302 e. The number of piperidine rings is 1. The van der Waals surface area contributed by atoms with Crippen LogP contribution in [0.3, 0.4) is 0 Å². The number of hydrogen-bond acceptors (Lipinski definition) is 2. The molecular formula is C10H21NO. The molecule has 0 aromatic heterocycles. The van der Waals surface area contributed by atoms with Crippen molar-refractivity contribution in [1.82, 2.24) is 5.06 Å². The molecule has 1 heterocycles. The van der Waals surface area contributed by atoms with Gasteiger partial charge in [-0.15, -0.1) is 0 Å². The molecule has 2 heteroatoms. The van der Waals surface area contributed by atoms with Crippen LogP contribution >= 0.6 is 0 Å². The van der Waals surface area contributed by atoms with Gasteiger partial charge in [-0.2, -0.15) is 5.06 Å². The maximum Gasteiger partial charge on any atom is 0.0575 e. The third kappa shape index (κ3) is 2.46. The molecule has 0 saturated carbocycles. The number of nitrogens with zero attached hydrogens (tertiary/aromatic N) is 1. The van der Waals surface area contributed by atoms with E-state index < -0.39 is 0 Å². The van der Waals surface area contributed by atoms with Gasteiger partial charge in [0.15, 0.2) is 0 Å². The largest absolute Gasteiger partial charge is 0.302 e. The van der Waals surface area contributed by atoms with Crippen molar-refractivity contribution >= 4 is 0 Å². The molecule has 0 aliphatic carbocycles. The van der Waals surface area contributed by atoms with E-state index >= 15 is 0 Å². The lowest BCUT2D eigenvalue weighted by molar-refractivity contribution is -0.153. The fourth-order valence-electron chi connectivity index (χ4n) is 1.90. The summed E-state index contributed by atoms with van der Waals surface area (Å²) in [7, 11) is 1.76. The Morgan fingerprint density at radius 3 is 2.00 bits per heavy atom. The fraction of sp³-hybridized carbons (Fsp3) is 1.00. The van der Waals surface area contributed by atoms with E-state index in [1.54, 1.807) is 7.11 Å². The number of hydrogen-bond donors (Lipinski definition) is 0. The highest BCUT2D eigenvalue weighted by atomic mass is 16.7. The van der Waals surface area contributed by atoms with E-state index in [4.69, 9.17) is 4.84 Å². The van der Waals surface area contributed by atoms with Gasteiger partial charge < -0.3 is 4.84 Å². The van der Waals surface area contributed by atoms with Crippen LogP contribution < -0.4 is 0 Å². The Kier molecular flexibility index (Phi) is 3.13. The topological polar surface area (TPSA) is 12.5 Å².